The SMILES string of the molecule is C1=CCC=C1.C=Cc1ccccc1.[CH2]=[Mo+4].[C]=O.[C]=O.[C]=O.[H-].[H-].[H-].[H-]. The fourth-order valence-corrected chi connectivity index (χ4v) is 0.982. The van der Waals surface area contributed by atoms with Crippen molar-refractivity contribution in [2.24, 2.45) is 0 Å². The largest absolute Gasteiger partial charge is 1.00 e. The summed E-state index contributed by atoms with van der Waals surface area (Å²) in [4.78, 5) is 25.8. The molecule has 0 bridgehead atoms. The van der Waals surface area contributed by atoms with Crippen LogP contribution in [0.15, 0.2) is 61.2 Å². The number of benzene rings is 1. The van der Waals surface area contributed by atoms with Crippen molar-refractivity contribution in [3.63, 3.8) is 0 Å². The molecule has 21 heavy (non-hydrogen) atoms. The molecule has 0 spiro atoms. The summed E-state index contributed by atoms with van der Waals surface area (Å²) in [6.07, 6.45) is 11.3. The van der Waals surface area contributed by atoms with Gasteiger partial charge < -0.3 is 5.71 Å². The summed E-state index contributed by atoms with van der Waals surface area (Å²) in [7, 11) is 0. The predicted octanol–water partition coefficient (Wildman–Crippen LogP) is 3.06. The zero-order valence-electron chi connectivity index (χ0n) is 15.5. The molecule has 2 rings (SSSR count). The molecule has 1 aromatic carbocycles. The number of hydrogen-bond acceptors (Lipinski definition) is 3. The minimum Gasteiger partial charge on any atom is -1.00 e. The summed E-state index contributed by atoms with van der Waals surface area (Å²) in [5.74, 6) is 0. The molecule has 0 unspecified atom stereocenters. The molecule has 0 fully saturated rings. The third-order valence-electron chi connectivity index (χ3n) is 1.69. The van der Waals surface area contributed by atoms with Gasteiger partial charge in [-0.1, -0.05) is 67.3 Å². The van der Waals surface area contributed by atoms with Crippen molar-refractivity contribution >= 4 is 31.3 Å². The Morgan fingerprint density at radius 2 is 1.29 bits per heavy atom. The maximum Gasteiger partial charge on any atom is 0.281 e. The molecule has 1 aliphatic rings. The quantitative estimate of drug-likeness (QED) is 0.716. The van der Waals surface area contributed by atoms with Gasteiger partial charge in [0.05, 0.1) is 0 Å². The van der Waals surface area contributed by atoms with Crippen LogP contribution in [0.4, 0.5) is 0 Å². The Morgan fingerprint density at radius 1 is 0.905 bits per heavy atom. The van der Waals surface area contributed by atoms with Crippen LogP contribution in [0.1, 0.15) is 17.7 Å². The van der Waals surface area contributed by atoms with Crippen LogP contribution >= 0.6 is 0 Å². The van der Waals surface area contributed by atoms with Crippen LogP contribution in [-0.4, -0.2) is 25.3 Å². The number of carbonyl (C=O) groups excluding carboxylic acids is 3. The predicted molar refractivity (Wildman–Crippen MR) is 88.1 cm³/mol. The van der Waals surface area contributed by atoms with Gasteiger partial charge in [-0.25, -0.2) is 0 Å². The summed E-state index contributed by atoms with van der Waals surface area (Å²) in [6, 6.07) is 10.0. The molecule has 112 valence electrons. The number of rotatable bonds is 1. The first-order valence-corrected chi connectivity index (χ1v) is 6.74. The zero-order valence-corrected chi connectivity index (χ0v) is 13.5. The van der Waals surface area contributed by atoms with Crippen molar-refractivity contribution in [2.75, 3.05) is 0 Å². The van der Waals surface area contributed by atoms with Gasteiger partial charge in [-0.05, 0) is 12.0 Å². The maximum atomic E-state index is 7.50. The summed E-state index contributed by atoms with van der Waals surface area (Å²) >= 11 is 1.70. The Bertz CT molecular complexity index is 359. The van der Waals surface area contributed by atoms with E-state index in [1.165, 1.54) is 5.56 Å². The van der Waals surface area contributed by atoms with Gasteiger partial charge >= 0.3 is 24.3 Å². The van der Waals surface area contributed by atoms with Crippen LogP contribution in [0, 0.1) is 0 Å². The molecule has 4 heteroatoms. The molecule has 0 amide bonds. The first kappa shape index (κ1) is 27.4. The van der Waals surface area contributed by atoms with Gasteiger partial charge in [0, 0.05) is 0 Å². The van der Waals surface area contributed by atoms with Crippen LogP contribution in [-0.2, 0) is 33.7 Å². The van der Waals surface area contributed by atoms with E-state index in [-0.39, 0.29) is 5.71 Å². The van der Waals surface area contributed by atoms with E-state index in [0.29, 0.717) is 0 Å². The van der Waals surface area contributed by atoms with Crippen molar-refractivity contribution in [2.45, 2.75) is 6.42 Å². The maximum absolute atomic E-state index is 7.50. The average Bonchev–Trinajstić information content (AvgIpc) is 3.23. The first-order valence-electron chi connectivity index (χ1n) is 5.33. The number of allylic oxidation sites excluding steroid dienone is 4. The molecule has 1 aromatic rings. The second kappa shape index (κ2) is 36.1. The Labute approximate surface area is 144 Å². The molecule has 3 nitrogen and oxygen atoms in total. The summed E-state index contributed by atoms with van der Waals surface area (Å²) < 4.78 is 0. The van der Waals surface area contributed by atoms with Crippen LogP contribution in [0.5, 0.6) is 0 Å². The fraction of sp³-hybridized carbons (Fsp3) is 0.0588. The normalized spacial score (nSPS) is 8.29. The van der Waals surface area contributed by atoms with Crippen molar-refractivity contribution in [1.29, 1.82) is 0 Å². The van der Waals surface area contributed by atoms with E-state index < -0.39 is 0 Å². The van der Waals surface area contributed by atoms with E-state index in [0.717, 1.165) is 6.42 Å². The molecule has 6 radical (unpaired) electrons. The molecule has 1 aliphatic carbocycles. The van der Waals surface area contributed by atoms with Gasteiger partial charge in [0.25, 0.3) is 20.4 Å². The van der Waals surface area contributed by atoms with Gasteiger partial charge in [-0.2, -0.15) is 0 Å². The van der Waals surface area contributed by atoms with Crippen molar-refractivity contribution in [1.82, 2.24) is 0 Å². The Kier molecular flexibility index (Phi) is 47.1. The molecular formula is C17H20MoO3. The van der Waals surface area contributed by atoms with Gasteiger partial charge in [0.1, 0.15) is 0 Å². The Morgan fingerprint density at radius 3 is 1.48 bits per heavy atom. The second-order valence-corrected chi connectivity index (χ2v) is 2.71. The van der Waals surface area contributed by atoms with E-state index in [2.05, 4.69) is 56.2 Å². The molecule has 0 saturated heterocycles. The second-order valence-electron chi connectivity index (χ2n) is 2.71. The topological polar surface area (TPSA) is 51.2 Å². The van der Waals surface area contributed by atoms with E-state index >= 15 is 0 Å². The van der Waals surface area contributed by atoms with Crippen molar-refractivity contribution < 1.29 is 39.4 Å². The van der Waals surface area contributed by atoms with Crippen LogP contribution < -0.4 is 0 Å². The Balaban J connectivity index is -0.0000000253. The molecular weight excluding hydrogens is 348 g/mol. The summed E-state index contributed by atoms with van der Waals surface area (Å²) in [5.41, 5.74) is 1.17. The minimum atomic E-state index is 0. The van der Waals surface area contributed by atoms with E-state index in [9.17, 15) is 0 Å². The van der Waals surface area contributed by atoms with E-state index in [1.807, 2.05) is 36.4 Å². The fourth-order valence-electron chi connectivity index (χ4n) is 0.982. The smallest absolute Gasteiger partial charge is 0.281 e. The monoisotopic (exact) mass is 370 g/mol. The summed E-state index contributed by atoms with van der Waals surface area (Å²) in [5, 5.41) is 0. The average molecular weight is 368 g/mol. The molecule has 0 saturated carbocycles. The Hall–Kier alpha value is -1.99. The zero-order chi connectivity index (χ0) is 17.4. The number of hydrogen-bond donors (Lipinski definition) is 0. The third kappa shape index (κ3) is 27.3. The van der Waals surface area contributed by atoms with Crippen molar-refractivity contribution in [3.05, 3.63) is 66.8 Å². The van der Waals surface area contributed by atoms with Gasteiger partial charge in [-0.15, -0.1) is 0 Å². The standard InChI is InChI=1S/C8H8.C5H6.3CO.CH2.Mo.4H/c1-2-8-6-4-3-5-7-8;1-2-4-5-3-1;3*1-2;;;;;;/h2-7H,1H2;1-4H,5H2;;;;1H2;;;;;/q;;;;;;+4;4*-1. The summed E-state index contributed by atoms with van der Waals surface area (Å²) in [6.45, 7) is 17.1. The van der Waals surface area contributed by atoms with Gasteiger partial charge in [0.15, 0.2) is 0 Å². The molecule has 0 N–H and O–H groups in total. The molecule has 0 aromatic heterocycles. The van der Waals surface area contributed by atoms with Crippen molar-refractivity contribution in [3.8, 4) is 0 Å². The van der Waals surface area contributed by atoms with E-state index in [1.54, 1.807) is 19.4 Å². The van der Waals surface area contributed by atoms with Crippen LogP contribution in [0.3, 0.4) is 0 Å². The van der Waals surface area contributed by atoms with Crippen LogP contribution in [0.25, 0.3) is 6.08 Å². The minimum absolute atomic E-state index is 0. The third-order valence-corrected chi connectivity index (χ3v) is 1.69. The van der Waals surface area contributed by atoms with Gasteiger partial charge in [-0.3, -0.25) is 14.4 Å². The van der Waals surface area contributed by atoms with Crippen LogP contribution in [0.2, 0.25) is 0 Å². The molecule has 0 atom stereocenters. The van der Waals surface area contributed by atoms with E-state index in [4.69, 9.17) is 14.4 Å². The first-order chi connectivity index (χ1) is 10.4. The van der Waals surface area contributed by atoms with Gasteiger partial charge in [0.2, 0.25) is 0 Å². The molecule has 0 aliphatic heterocycles. The molecule has 0 heterocycles.